The Morgan fingerprint density at radius 1 is 1.09 bits per heavy atom. The number of ether oxygens (including phenoxy) is 1. The summed E-state index contributed by atoms with van der Waals surface area (Å²) < 4.78 is 5.02. The Morgan fingerprint density at radius 3 is 2.39 bits per heavy atom. The van der Waals surface area contributed by atoms with Gasteiger partial charge in [0.25, 0.3) is 0 Å². The Kier molecular flexibility index (Phi) is 4.84. The first-order valence-corrected chi connectivity index (χ1v) is 8.87. The predicted octanol–water partition coefficient (Wildman–Crippen LogP) is 4.43. The molecule has 0 heterocycles. The lowest BCUT2D eigenvalue weighted by molar-refractivity contribution is -0.122. The molecule has 2 fully saturated rings. The monoisotopic (exact) mass is 314 g/mol. The summed E-state index contributed by atoms with van der Waals surface area (Å²) in [4.78, 5) is 24.1. The number of methoxy groups -OCH3 is 1. The fraction of sp³-hybridized carbons (Fsp3) is 0.600. The molecule has 2 aliphatic carbocycles. The minimum Gasteiger partial charge on any atom is -0.465 e. The Hall–Kier alpha value is -1.64. The van der Waals surface area contributed by atoms with E-state index in [1.54, 1.807) is 0 Å². The molecule has 1 aromatic rings. The summed E-state index contributed by atoms with van der Waals surface area (Å²) in [6.07, 6.45) is 9.31. The number of carbonyl (C=O) groups excluding carboxylic acids is 2. The molecule has 0 N–H and O–H groups in total. The van der Waals surface area contributed by atoms with E-state index < -0.39 is 0 Å². The lowest BCUT2D eigenvalue weighted by Crippen LogP contribution is -2.41. The van der Waals surface area contributed by atoms with Gasteiger partial charge in [-0.1, -0.05) is 37.5 Å². The molecule has 3 heteroatoms. The van der Waals surface area contributed by atoms with E-state index in [1.165, 1.54) is 39.2 Å². The van der Waals surface area contributed by atoms with Crippen molar-refractivity contribution in [2.24, 2.45) is 5.92 Å². The molecule has 0 aromatic heterocycles. The summed E-state index contributed by atoms with van der Waals surface area (Å²) in [7, 11) is 1.44. The Balaban J connectivity index is 2.05. The molecule has 0 bridgehead atoms. The van der Waals surface area contributed by atoms with Crippen molar-refractivity contribution < 1.29 is 14.3 Å². The van der Waals surface area contributed by atoms with Crippen molar-refractivity contribution in [1.29, 1.82) is 0 Å². The molecule has 0 saturated heterocycles. The van der Waals surface area contributed by atoms with E-state index in [2.05, 4.69) is 6.07 Å². The summed E-state index contributed by atoms with van der Waals surface area (Å²) in [5.74, 6) is 0.690. The average Bonchev–Trinajstić information content (AvgIpc) is 2.63. The highest BCUT2D eigenvalue weighted by Crippen LogP contribution is 2.50. The van der Waals surface area contributed by atoms with Crippen LogP contribution in [-0.4, -0.2) is 18.9 Å². The summed E-state index contributed by atoms with van der Waals surface area (Å²) in [6, 6.07) is 7.89. The second kappa shape index (κ2) is 6.86. The molecule has 0 atom stereocenters. The summed E-state index contributed by atoms with van der Waals surface area (Å²) >= 11 is 0. The van der Waals surface area contributed by atoms with Crippen LogP contribution in [0.2, 0.25) is 0 Å². The number of ketones is 1. The zero-order chi connectivity index (χ0) is 16.3. The van der Waals surface area contributed by atoms with E-state index in [4.69, 9.17) is 4.74 Å². The topological polar surface area (TPSA) is 43.4 Å². The normalized spacial score (nSPS) is 21.9. The molecule has 3 rings (SSSR count). The van der Waals surface area contributed by atoms with Gasteiger partial charge in [-0.15, -0.1) is 0 Å². The van der Waals surface area contributed by atoms with Crippen LogP contribution in [0.1, 0.15) is 73.7 Å². The van der Waals surface area contributed by atoms with Gasteiger partial charge in [-0.05, 0) is 48.6 Å². The number of carbonyl (C=O) groups is 2. The van der Waals surface area contributed by atoms with Crippen molar-refractivity contribution in [3.63, 3.8) is 0 Å². The molecule has 3 nitrogen and oxygen atoms in total. The summed E-state index contributed by atoms with van der Waals surface area (Å²) in [5, 5.41) is 0. The zero-order valence-electron chi connectivity index (χ0n) is 14.0. The molecule has 0 radical (unpaired) electrons. The lowest BCUT2D eigenvalue weighted by atomic mass is 9.57. The minimum absolute atomic E-state index is 0.0287. The number of Topliss-reactive ketones (excluding diaryl/α,β-unsaturated/α-hetero) is 1. The SMILES string of the molecule is COC(=O)c1ccccc1C1(C2CCCCC2)CCC(=O)CC1. The molecule has 0 amide bonds. The summed E-state index contributed by atoms with van der Waals surface area (Å²) in [6.45, 7) is 0. The Morgan fingerprint density at radius 2 is 1.74 bits per heavy atom. The fourth-order valence-corrected chi connectivity index (χ4v) is 4.73. The van der Waals surface area contributed by atoms with E-state index in [1.807, 2.05) is 18.2 Å². The minimum atomic E-state index is -0.257. The molecule has 2 aliphatic rings. The molecule has 0 unspecified atom stereocenters. The molecule has 1 aromatic carbocycles. The van der Waals surface area contributed by atoms with E-state index >= 15 is 0 Å². The maximum atomic E-state index is 12.3. The molecule has 0 aliphatic heterocycles. The molecule has 2 saturated carbocycles. The van der Waals surface area contributed by atoms with Crippen LogP contribution >= 0.6 is 0 Å². The highest BCUT2D eigenvalue weighted by atomic mass is 16.5. The smallest absolute Gasteiger partial charge is 0.338 e. The van der Waals surface area contributed by atoms with Gasteiger partial charge in [0.15, 0.2) is 0 Å². The van der Waals surface area contributed by atoms with Gasteiger partial charge in [0.1, 0.15) is 5.78 Å². The fourth-order valence-electron chi connectivity index (χ4n) is 4.73. The van der Waals surface area contributed by atoms with Crippen molar-refractivity contribution in [2.75, 3.05) is 7.11 Å². The van der Waals surface area contributed by atoms with Crippen molar-refractivity contribution >= 4 is 11.8 Å². The number of rotatable bonds is 3. The zero-order valence-corrected chi connectivity index (χ0v) is 14.0. The third-order valence-corrected chi connectivity index (χ3v) is 5.96. The van der Waals surface area contributed by atoms with Crippen LogP contribution in [0.4, 0.5) is 0 Å². The van der Waals surface area contributed by atoms with Gasteiger partial charge in [-0.3, -0.25) is 4.79 Å². The number of benzene rings is 1. The van der Waals surface area contributed by atoms with Crippen LogP contribution in [-0.2, 0) is 14.9 Å². The molecule has 0 spiro atoms. The number of hydrogen-bond acceptors (Lipinski definition) is 3. The number of hydrogen-bond donors (Lipinski definition) is 0. The van der Waals surface area contributed by atoms with Gasteiger partial charge in [0, 0.05) is 12.8 Å². The van der Waals surface area contributed by atoms with Crippen LogP contribution in [0.15, 0.2) is 24.3 Å². The van der Waals surface area contributed by atoms with Crippen molar-refractivity contribution in [2.45, 2.75) is 63.2 Å². The molecule has 124 valence electrons. The molecule has 23 heavy (non-hydrogen) atoms. The maximum absolute atomic E-state index is 12.3. The first-order chi connectivity index (χ1) is 11.2. The first kappa shape index (κ1) is 16.2. The van der Waals surface area contributed by atoms with Crippen LogP contribution in [0.5, 0.6) is 0 Å². The lowest BCUT2D eigenvalue weighted by Gasteiger charge is -2.46. The highest BCUT2D eigenvalue weighted by molar-refractivity contribution is 5.91. The largest absolute Gasteiger partial charge is 0.465 e. The highest BCUT2D eigenvalue weighted by Gasteiger charge is 2.44. The molecular formula is C20H26O3. The van der Waals surface area contributed by atoms with Crippen LogP contribution in [0.3, 0.4) is 0 Å². The van der Waals surface area contributed by atoms with E-state index in [0.29, 0.717) is 30.1 Å². The van der Waals surface area contributed by atoms with Gasteiger partial charge in [0.05, 0.1) is 12.7 Å². The van der Waals surface area contributed by atoms with Crippen molar-refractivity contribution in [3.8, 4) is 0 Å². The maximum Gasteiger partial charge on any atom is 0.338 e. The van der Waals surface area contributed by atoms with Crippen molar-refractivity contribution in [1.82, 2.24) is 0 Å². The first-order valence-electron chi connectivity index (χ1n) is 8.87. The average molecular weight is 314 g/mol. The quantitative estimate of drug-likeness (QED) is 0.775. The summed E-state index contributed by atoms with van der Waals surface area (Å²) in [5.41, 5.74) is 1.78. The van der Waals surface area contributed by atoms with Gasteiger partial charge in [-0.25, -0.2) is 4.79 Å². The van der Waals surface area contributed by atoms with Gasteiger partial charge in [-0.2, -0.15) is 0 Å². The van der Waals surface area contributed by atoms with E-state index in [-0.39, 0.29) is 11.4 Å². The van der Waals surface area contributed by atoms with Crippen LogP contribution in [0.25, 0.3) is 0 Å². The predicted molar refractivity (Wildman–Crippen MR) is 89.5 cm³/mol. The third kappa shape index (κ3) is 3.06. The van der Waals surface area contributed by atoms with Gasteiger partial charge >= 0.3 is 5.97 Å². The van der Waals surface area contributed by atoms with E-state index in [0.717, 1.165) is 18.4 Å². The van der Waals surface area contributed by atoms with Crippen molar-refractivity contribution in [3.05, 3.63) is 35.4 Å². The Labute approximate surface area is 138 Å². The third-order valence-electron chi connectivity index (χ3n) is 5.96. The Bertz CT molecular complexity index is 574. The second-order valence-corrected chi connectivity index (χ2v) is 7.07. The standard InChI is InChI=1S/C20H26O3/c1-23-19(22)17-9-5-6-10-18(17)20(13-11-16(21)12-14-20)15-7-3-2-4-8-15/h5-6,9-10,15H,2-4,7-8,11-14H2,1H3. The van der Waals surface area contributed by atoms with Crippen LogP contribution < -0.4 is 0 Å². The van der Waals surface area contributed by atoms with E-state index in [9.17, 15) is 9.59 Å². The van der Waals surface area contributed by atoms with Gasteiger partial charge in [0.2, 0.25) is 0 Å². The molecular weight excluding hydrogens is 288 g/mol. The number of esters is 1. The van der Waals surface area contributed by atoms with Crippen LogP contribution in [0, 0.1) is 5.92 Å². The second-order valence-electron chi connectivity index (χ2n) is 7.07. The van der Waals surface area contributed by atoms with Gasteiger partial charge < -0.3 is 4.74 Å².